The second kappa shape index (κ2) is 12.5. The Bertz CT molecular complexity index is 2860. The average Bonchev–Trinajstić information content (AvgIpc) is 3.22. The molecule has 0 aliphatic carbocycles. The van der Waals surface area contributed by atoms with Crippen molar-refractivity contribution >= 4 is 43.1 Å². The zero-order valence-electron chi connectivity index (χ0n) is 28.6. The number of rotatable bonds is 5. The van der Waals surface area contributed by atoms with Crippen molar-refractivity contribution in [2.24, 2.45) is 0 Å². The fourth-order valence-corrected chi connectivity index (χ4v) is 8.28. The molecule has 0 N–H and O–H groups in total. The first-order chi connectivity index (χ1) is 25.8. The van der Waals surface area contributed by atoms with Crippen LogP contribution < -0.4 is 0 Å². The molecule has 0 amide bonds. The van der Waals surface area contributed by atoms with Crippen LogP contribution in [0.15, 0.2) is 206 Å². The van der Waals surface area contributed by atoms with E-state index in [-0.39, 0.29) is 0 Å². The van der Waals surface area contributed by atoms with E-state index in [1.54, 1.807) is 0 Å². The largest absolute Gasteiger partial charge is 0.0622 e. The first kappa shape index (κ1) is 30.1. The minimum absolute atomic E-state index is 1.21. The molecule has 0 unspecified atom stereocenters. The van der Waals surface area contributed by atoms with Crippen molar-refractivity contribution in [1.29, 1.82) is 0 Å². The van der Waals surface area contributed by atoms with Crippen molar-refractivity contribution < 1.29 is 0 Å². The predicted octanol–water partition coefficient (Wildman–Crippen LogP) is 14.6. The Labute approximate surface area is 303 Å². The van der Waals surface area contributed by atoms with Gasteiger partial charge in [0.25, 0.3) is 0 Å². The van der Waals surface area contributed by atoms with Crippen LogP contribution in [0.5, 0.6) is 0 Å². The van der Waals surface area contributed by atoms with Crippen LogP contribution in [0, 0.1) is 0 Å². The van der Waals surface area contributed by atoms with E-state index in [0.29, 0.717) is 0 Å². The highest BCUT2D eigenvalue weighted by Crippen LogP contribution is 2.46. The predicted molar refractivity (Wildman–Crippen MR) is 224 cm³/mol. The molecule has 0 radical (unpaired) electrons. The Morgan fingerprint density at radius 3 is 1.29 bits per heavy atom. The summed E-state index contributed by atoms with van der Waals surface area (Å²) in [5.74, 6) is 0. The van der Waals surface area contributed by atoms with Gasteiger partial charge in [-0.25, -0.2) is 0 Å². The highest BCUT2D eigenvalue weighted by molar-refractivity contribution is 6.22. The molecule has 242 valence electrons. The molecule has 0 heterocycles. The van der Waals surface area contributed by atoms with Crippen LogP contribution in [0.25, 0.3) is 98.7 Å². The molecular weight excluding hydrogens is 625 g/mol. The Hall–Kier alpha value is -6.76. The lowest BCUT2D eigenvalue weighted by atomic mass is 9.84. The highest BCUT2D eigenvalue weighted by Gasteiger charge is 2.18. The molecule has 0 atom stereocenters. The Balaban J connectivity index is 1.25. The molecule has 0 aromatic heterocycles. The maximum absolute atomic E-state index is 2.45. The highest BCUT2D eigenvalue weighted by atomic mass is 14.2. The summed E-state index contributed by atoms with van der Waals surface area (Å²) in [5.41, 5.74) is 12.4. The molecule has 0 aliphatic rings. The smallest absolute Gasteiger partial charge is 0.00261 e. The standard InChI is InChI=1S/C52H34/c1-3-14-35(15-4-1)36-26-28-38(29-27-36)42-32-33-44(43-25-13-19-37-16-7-8-20-41(37)43)45-31-30-40(34-50(42)45)52-48-23-11-9-21-46(48)51(39-17-5-2-6-18-39)47-22-10-12-24-49(47)52/h1-34H. The Kier molecular flexibility index (Phi) is 7.25. The molecular formula is C52H34. The lowest BCUT2D eigenvalue weighted by Crippen LogP contribution is -1.92. The Morgan fingerprint density at radius 2 is 0.635 bits per heavy atom. The summed E-state index contributed by atoms with van der Waals surface area (Å²) in [6, 6.07) is 75.5. The summed E-state index contributed by atoms with van der Waals surface area (Å²) in [6.07, 6.45) is 0. The maximum atomic E-state index is 2.45. The summed E-state index contributed by atoms with van der Waals surface area (Å²) < 4.78 is 0. The van der Waals surface area contributed by atoms with Crippen molar-refractivity contribution in [2.75, 3.05) is 0 Å². The lowest BCUT2D eigenvalue weighted by molar-refractivity contribution is 1.60. The van der Waals surface area contributed by atoms with Gasteiger partial charge in [-0.2, -0.15) is 0 Å². The molecule has 10 aromatic rings. The van der Waals surface area contributed by atoms with Crippen LogP contribution in [0.4, 0.5) is 0 Å². The molecule has 52 heavy (non-hydrogen) atoms. The third kappa shape index (κ3) is 5.00. The quantitative estimate of drug-likeness (QED) is 0.161. The van der Waals surface area contributed by atoms with Gasteiger partial charge in [0.05, 0.1) is 0 Å². The van der Waals surface area contributed by atoms with Crippen LogP contribution >= 0.6 is 0 Å². The van der Waals surface area contributed by atoms with Gasteiger partial charge in [0.15, 0.2) is 0 Å². The summed E-state index contributed by atoms with van der Waals surface area (Å²) in [7, 11) is 0. The minimum atomic E-state index is 1.21. The van der Waals surface area contributed by atoms with E-state index in [4.69, 9.17) is 0 Å². The van der Waals surface area contributed by atoms with Crippen LogP contribution in [0.1, 0.15) is 0 Å². The van der Waals surface area contributed by atoms with Gasteiger partial charge in [0.2, 0.25) is 0 Å². The number of hydrogen-bond acceptors (Lipinski definition) is 0. The zero-order valence-corrected chi connectivity index (χ0v) is 28.6. The zero-order chi connectivity index (χ0) is 34.4. The topological polar surface area (TPSA) is 0 Å². The van der Waals surface area contributed by atoms with Crippen LogP contribution in [0.2, 0.25) is 0 Å². The van der Waals surface area contributed by atoms with Crippen LogP contribution in [-0.2, 0) is 0 Å². The molecule has 0 saturated heterocycles. The second-order valence-electron chi connectivity index (χ2n) is 13.6. The number of hydrogen-bond donors (Lipinski definition) is 0. The normalized spacial score (nSPS) is 11.5. The molecule has 0 saturated carbocycles. The first-order valence-corrected chi connectivity index (χ1v) is 18.0. The molecule has 0 nitrogen and oxygen atoms in total. The van der Waals surface area contributed by atoms with E-state index in [1.165, 1.54) is 98.7 Å². The lowest BCUT2D eigenvalue weighted by Gasteiger charge is -2.19. The van der Waals surface area contributed by atoms with E-state index in [9.17, 15) is 0 Å². The maximum Gasteiger partial charge on any atom is -0.00261 e. The van der Waals surface area contributed by atoms with Crippen LogP contribution in [0.3, 0.4) is 0 Å². The first-order valence-electron chi connectivity index (χ1n) is 18.0. The van der Waals surface area contributed by atoms with Crippen molar-refractivity contribution in [1.82, 2.24) is 0 Å². The molecule has 0 spiro atoms. The third-order valence-electron chi connectivity index (χ3n) is 10.7. The molecule has 0 bridgehead atoms. The van der Waals surface area contributed by atoms with Gasteiger partial charge in [0, 0.05) is 0 Å². The molecule has 0 fully saturated rings. The van der Waals surface area contributed by atoms with Crippen molar-refractivity contribution in [3.05, 3.63) is 206 Å². The Morgan fingerprint density at radius 1 is 0.192 bits per heavy atom. The monoisotopic (exact) mass is 658 g/mol. The van der Waals surface area contributed by atoms with Crippen molar-refractivity contribution in [3.63, 3.8) is 0 Å². The fraction of sp³-hybridized carbons (Fsp3) is 0. The summed E-state index contributed by atoms with van der Waals surface area (Å²) >= 11 is 0. The molecule has 10 aromatic carbocycles. The van der Waals surface area contributed by atoms with E-state index >= 15 is 0 Å². The van der Waals surface area contributed by atoms with E-state index in [2.05, 4.69) is 206 Å². The van der Waals surface area contributed by atoms with Crippen LogP contribution in [-0.4, -0.2) is 0 Å². The van der Waals surface area contributed by atoms with Gasteiger partial charge in [-0.3, -0.25) is 0 Å². The van der Waals surface area contributed by atoms with Gasteiger partial charge in [-0.05, 0) is 105 Å². The summed E-state index contributed by atoms with van der Waals surface area (Å²) in [5, 5.41) is 10.1. The van der Waals surface area contributed by atoms with Gasteiger partial charge in [0.1, 0.15) is 0 Å². The molecule has 0 aliphatic heterocycles. The van der Waals surface area contributed by atoms with E-state index in [0.717, 1.165) is 0 Å². The summed E-state index contributed by atoms with van der Waals surface area (Å²) in [6.45, 7) is 0. The van der Waals surface area contributed by atoms with Gasteiger partial charge in [-0.15, -0.1) is 0 Å². The van der Waals surface area contributed by atoms with Gasteiger partial charge in [-0.1, -0.05) is 200 Å². The van der Waals surface area contributed by atoms with Gasteiger partial charge < -0.3 is 0 Å². The van der Waals surface area contributed by atoms with E-state index < -0.39 is 0 Å². The number of benzene rings is 10. The SMILES string of the molecule is c1ccc(-c2ccc(-c3ccc(-c4cccc5ccccc45)c4ccc(-c5c6ccccc6c(-c6ccccc6)c6ccccc56)cc34)cc2)cc1. The van der Waals surface area contributed by atoms with E-state index in [1.807, 2.05) is 0 Å². The molecule has 10 rings (SSSR count). The van der Waals surface area contributed by atoms with Crippen molar-refractivity contribution in [2.45, 2.75) is 0 Å². The second-order valence-corrected chi connectivity index (χ2v) is 13.6. The fourth-order valence-electron chi connectivity index (χ4n) is 8.28. The van der Waals surface area contributed by atoms with Gasteiger partial charge >= 0.3 is 0 Å². The minimum Gasteiger partial charge on any atom is -0.0622 e. The molecule has 0 heteroatoms. The average molecular weight is 659 g/mol. The summed E-state index contributed by atoms with van der Waals surface area (Å²) in [4.78, 5) is 0. The van der Waals surface area contributed by atoms with Crippen molar-refractivity contribution in [3.8, 4) is 55.6 Å². The number of fused-ring (bicyclic) bond motifs is 4. The third-order valence-corrected chi connectivity index (χ3v) is 10.7.